The second-order valence-electron chi connectivity index (χ2n) is 19.3. The van der Waals surface area contributed by atoms with Crippen LogP contribution in [0, 0.1) is 54.4 Å². The van der Waals surface area contributed by atoms with Crippen LogP contribution in [0.3, 0.4) is 0 Å². The number of fused-ring (bicyclic) bond motifs is 4. The Balaban J connectivity index is 0.000000138. The van der Waals surface area contributed by atoms with Crippen molar-refractivity contribution in [2.24, 2.45) is 5.92 Å². The Morgan fingerprint density at radius 3 is 1.91 bits per heavy atom. The van der Waals surface area contributed by atoms with E-state index >= 15 is 0 Å². The Morgan fingerprint density at radius 2 is 1.25 bits per heavy atom. The van der Waals surface area contributed by atoms with Crippen molar-refractivity contribution in [3.8, 4) is 33.4 Å². The van der Waals surface area contributed by atoms with Crippen LogP contribution in [0.2, 0.25) is 0 Å². The summed E-state index contributed by atoms with van der Waals surface area (Å²) in [7, 11) is 0. The van der Waals surface area contributed by atoms with Gasteiger partial charge in [-0.1, -0.05) is 158 Å². The number of allylic oxidation sites excluding steroid dienone is 8. The van der Waals surface area contributed by atoms with E-state index in [0.29, 0.717) is 5.92 Å². The lowest BCUT2D eigenvalue weighted by Crippen LogP contribution is -2.14. The van der Waals surface area contributed by atoms with Crippen molar-refractivity contribution in [3.05, 3.63) is 218 Å². The summed E-state index contributed by atoms with van der Waals surface area (Å²) >= 11 is 4.70. The van der Waals surface area contributed by atoms with Gasteiger partial charge >= 0.3 is 0 Å². The van der Waals surface area contributed by atoms with E-state index in [1.807, 2.05) is 0 Å². The summed E-state index contributed by atoms with van der Waals surface area (Å²) in [4.78, 5) is 4.49. The highest BCUT2D eigenvalue weighted by atomic mass is 32.1. The molecule has 0 spiro atoms. The Labute approximate surface area is 412 Å². The van der Waals surface area contributed by atoms with Crippen molar-refractivity contribution >= 4 is 45.6 Å². The van der Waals surface area contributed by atoms with Crippen LogP contribution in [-0.2, 0) is 6.42 Å². The van der Waals surface area contributed by atoms with E-state index in [9.17, 15) is 0 Å². The van der Waals surface area contributed by atoms with Gasteiger partial charge in [0.1, 0.15) is 0 Å². The van der Waals surface area contributed by atoms with Crippen molar-refractivity contribution < 1.29 is 0 Å². The van der Waals surface area contributed by atoms with Gasteiger partial charge in [0.15, 0.2) is 0 Å². The highest BCUT2D eigenvalue weighted by molar-refractivity contribution is 7.80. The molecule has 1 nitrogen and oxygen atoms in total. The monoisotopic (exact) mass is 908 g/mol. The third-order valence-electron chi connectivity index (χ3n) is 14.4. The largest absolute Gasteiger partial charge is 0.354 e. The van der Waals surface area contributed by atoms with Gasteiger partial charge in [-0.2, -0.15) is 0 Å². The molecule has 8 aromatic rings. The van der Waals surface area contributed by atoms with E-state index in [1.54, 1.807) is 5.56 Å². The van der Waals surface area contributed by atoms with E-state index in [0.717, 1.165) is 23.3 Å². The maximum atomic E-state index is 4.70. The summed E-state index contributed by atoms with van der Waals surface area (Å²) in [5.74, 6) is 0.577. The zero-order valence-electron chi connectivity index (χ0n) is 42.3. The molecule has 2 aliphatic rings. The predicted octanol–water partition coefficient (Wildman–Crippen LogP) is 19.2. The van der Waals surface area contributed by atoms with Crippen LogP contribution in [0.15, 0.2) is 168 Å². The number of rotatable bonds is 6. The van der Waals surface area contributed by atoms with E-state index in [1.165, 1.54) is 135 Å². The highest BCUT2D eigenvalue weighted by Gasteiger charge is 2.26. The molecule has 0 aliphatic heterocycles. The molecule has 68 heavy (non-hydrogen) atoms. The SMILES string of the molecule is C/C=C\C1=C(CC)c2ccc(C)c(-c3ccccc3C)c2CC1C.CC1=C(c2ccc(C)c(-c3ccccc3C)c2C)C=CCC1.Cc1cccc(-c2cc3c(cc2S)[nH]c2ccc(C)cc23)c1. The molecule has 1 atom stereocenters. The lowest BCUT2D eigenvalue weighted by Gasteiger charge is -2.30. The van der Waals surface area contributed by atoms with Crippen LogP contribution in [0.4, 0.5) is 0 Å². The first-order valence-corrected chi connectivity index (χ1v) is 25.1. The number of aromatic amines is 1. The molecule has 0 bridgehead atoms. The maximum absolute atomic E-state index is 4.70. The fraction of sp³-hybridized carbons (Fsp3) is 0.242. The molecule has 1 N–H and O–H groups in total. The van der Waals surface area contributed by atoms with Gasteiger partial charge in [-0.05, 0) is 213 Å². The average molecular weight is 908 g/mol. The highest BCUT2D eigenvalue weighted by Crippen LogP contribution is 2.44. The minimum Gasteiger partial charge on any atom is -0.354 e. The van der Waals surface area contributed by atoms with Crippen molar-refractivity contribution in [1.29, 1.82) is 0 Å². The second-order valence-corrected chi connectivity index (χ2v) is 19.8. The van der Waals surface area contributed by atoms with Gasteiger partial charge in [0.2, 0.25) is 0 Å². The Kier molecular flexibility index (Phi) is 14.8. The van der Waals surface area contributed by atoms with Crippen LogP contribution in [-0.4, -0.2) is 4.98 Å². The summed E-state index contributed by atoms with van der Waals surface area (Å²) in [5, 5.41) is 2.53. The molecule has 0 radical (unpaired) electrons. The fourth-order valence-electron chi connectivity index (χ4n) is 10.8. The summed E-state index contributed by atoms with van der Waals surface area (Å²) in [6.45, 7) is 24.5. The Hall–Kier alpha value is -6.35. The zero-order chi connectivity index (χ0) is 48.2. The minimum absolute atomic E-state index is 0.577. The number of aromatic nitrogens is 1. The minimum atomic E-state index is 0.577. The number of hydrogen-bond donors (Lipinski definition) is 2. The lowest BCUT2D eigenvalue weighted by molar-refractivity contribution is 0.680. The summed E-state index contributed by atoms with van der Waals surface area (Å²) in [5.41, 5.74) is 30.1. The first-order valence-electron chi connectivity index (χ1n) is 24.7. The van der Waals surface area contributed by atoms with Crippen molar-refractivity contribution in [2.45, 2.75) is 107 Å². The van der Waals surface area contributed by atoms with Crippen LogP contribution in [0.5, 0.6) is 0 Å². The first kappa shape index (κ1) is 48.1. The van der Waals surface area contributed by atoms with Gasteiger partial charge in [-0.3, -0.25) is 0 Å². The van der Waals surface area contributed by atoms with Crippen LogP contribution < -0.4 is 0 Å². The molecule has 0 saturated heterocycles. The summed E-state index contributed by atoms with van der Waals surface area (Å²) < 4.78 is 0. The van der Waals surface area contributed by atoms with E-state index < -0.39 is 0 Å². The molecule has 1 unspecified atom stereocenters. The normalized spacial score (nSPS) is 14.6. The number of aryl methyl sites for hydroxylation is 6. The number of nitrogens with one attached hydrogen (secondary N) is 1. The third kappa shape index (κ3) is 9.81. The second kappa shape index (κ2) is 20.9. The molecule has 344 valence electrons. The summed E-state index contributed by atoms with van der Waals surface area (Å²) in [6, 6.07) is 46.2. The van der Waals surface area contributed by atoms with E-state index in [2.05, 4.69) is 233 Å². The molecule has 2 heteroatoms. The zero-order valence-corrected chi connectivity index (χ0v) is 43.2. The van der Waals surface area contributed by atoms with Gasteiger partial charge in [0, 0.05) is 26.7 Å². The molecule has 1 aromatic heterocycles. The fourth-order valence-corrected chi connectivity index (χ4v) is 11.1. The molecule has 0 amide bonds. The number of thiol groups is 1. The van der Waals surface area contributed by atoms with Crippen molar-refractivity contribution in [1.82, 2.24) is 4.98 Å². The average Bonchev–Trinajstić information content (AvgIpc) is 3.67. The van der Waals surface area contributed by atoms with Crippen LogP contribution in [0.25, 0.3) is 66.3 Å². The van der Waals surface area contributed by atoms with Gasteiger partial charge < -0.3 is 4.98 Å². The van der Waals surface area contributed by atoms with E-state index in [-0.39, 0.29) is 0 Å². The molecule has 7 aromatic carbocycles. The predicted molar refractivity (Wildman–Crippen MR) is 301 cm³/mol. The molecular formula is C66H69NS. The number of hydrogen-bond acceptors (Lipinski definition) is 1. The first-order chi connectivity index (χ1) is 32.8. The molecule has 2 aliphatic carbocycles. The Bertz CT molecular complexity index is 3300. The van der Waals surface area contributed by atoms with Gasteiger partial charge in [-0.25, -0.2) is 0 Å². The molecule has 0 fully saturated rings. The van der Waals surface area contributed by atoms with Gasteiger partial charge in [0.05, 0.1) is 0 Å². The van der Waals surface area contributed by atoms with Gasteiger partial charge in [-0.15, -0.1) is 12.6 Å². The summed E-state index contributed by atoms with van der Waals surface area (Å²) in [6.07, 6.45) is 13.7. The number of H-pyrrole nitrogens is 1. The topological polar surface area (TPSA) is 15.8 Å². The third-order valence-corrected chi connectivity index (χ3v) is 14.7. The quantitative estimate of drug-likeness (QED) is 0.155. The Morgan fingerprint density at radius 1 is 0.603 bits per heavy atom. The molecular weight excluding hydrogens is 839 g/mol. The lowest BCUT2D eigenvalue weighted by atomic mass is 9.74. The smallest absolute Gasteiger partial charge is 0.0476 e. The van der Waals surface area contributed by atoms with Gasteiger partial charge in [0.25, 0.3) is 0 Å². The van der Waals surface area contributed by atoms with Crippen LogP contribution >= 0.6 is 12.6 Å². The van der Waals surface area contributed by atoms with Crippen LogP contribution in [0.1, 0.15) is 103 Å². The maximum Gasteiger partial charge on any atom is 0.0476 e. The molecule has 0 saturated carbocycles. The standard InChI is InChI=1S/C24H28.C22H24.C20H17NS/c1-6-10-20-18(5)15-23-22(19(20)7-2)14-13-17(4)24(23)21-12-9-8-11-16(21)3;1-15-9-5-7-11-19(15)21-14-13-17(3)22(18(21)4)20-12-8-6-10-16(20)2;1-12-4-3-5-14(8-12)15-10-17-16-9-13(2)6-7-18(16)21-19(17)11-20(15)22/h6,8-14,18H,7,15H2,1-5H3;6-8,10-14H,5,9H2,1-4H3;3-11,21-22H,1-2H3/b10-6-;;. The molecule has 10 rings (SSSR count). The number of benzene rings is 7. The van der Waals surface area contributed by atoms with Crippen molar-refractivity contribution in [3.63, 3.8) is 0 Å². The van der Waals surface area contributed by atoms with Crippen molar-refractivity contribution in [2.75, 3.05) is 0 Å². The molecule has 1 heterocycles. The van der Waals surface area contributed by atoms with E-state index in [4.69, 9.17) is 12.6 Å².